The smallest absolute Gasteiger partial charge is 0.234 e. The predicted molar refractivity (Wildman–Crippen MR) is 139 cm³/mol. The van der Waals surface area contributed by atoms with Gasteiger partial charge in [0.15, 0.2) is 11.0 Å². The molecule has 0 atom stereocenters. The maximum Gasteiger partial charge on any atom is 0.234 e. The Morgan fingerprint density at radius 3 is 2.48 bits per heavy atom. The summed E-state index contributed by atoms with van der Waals surface area (Å²) in [5.41, 5.74) is 7.73. The second-order valence-corrected chi connectivity index (χ2v) is 10.2. The van der Waals surface area contributed by atoms with E-state index in [0.717, 1.165) is 39.9 Å². The molecule has 33 heavy (non-hydrogen) atoms. The molecule has 2 aromatic heterocycles. The van der Waals surface area contributed by atoms with Gasteiger partial charge in [0.2, 0.25) is 5.91 Å². The first kappa shape index (κ1) is 23.3. The van der Waals surface area contributed by atoms with Gasteiger partial charge in [-0.15, -0.1) is 21.5 Å². The van der Waals surface area contributed by atoms with E-state index in [0.29, 0.717) is 0 Å². The van der Waals surface area contributed by atoms with E-state index in [-0.39, 0.29) is 11.7 Å². The van der Waals surface area contributed by atoms with Gasteiger partial charge in [-0.05, 0) is 57.4 Å². The van der Waals surface area contributed by atoms with E-state index in [9.17, 15) is 4.79 Å². The van der Waals surface area contributed by atoms with Gasteiger partial charge in [0.05, 0.1) is 5.75 Å². The molecule has 0 radical (unpaired) electrons. The molecule has 7 heteroatoms. The molecule has 0 bridgehead atoms. The Bertz CT molecular complexity index is 1290. The van der Waals surface area contributed by atoms with Crippen LogP contribution in [0, 0.1) is 27.7 Å². The fraction of sp³-hybridized carbons (Fsp3) is 0.269. The summed E-state index contributed by atoms with van der Waals surface area (Å²) in [5.74, 6) is 1.07. The minimum Gasteiger partial charge on any atom is -0.325 e. The number of aromatic nitrogens is 3. The molecule has 0 aliphatic rings. The molecule has 0 unspecified atom stereocenters. The van der Waals surface area contributed by atoms with Gasteiger partial charge >= 0.3 is 0 Å². The SMILES string of the molecule is CCn1c(SCC(=O)Nc2cc(C)ccc2C)nnc1-c1csc(C)c1-c1ccc(C)cc1. The van der Waals surface area contributed by atoms with Gasteiger partial charge in [-0.3, -0.25) is 4.79 Å². The van der Waals surface area contributed by atoms with Crippen molar-refractivity contribution in [3.8, 4) is 22.5 Å². The summed E-state index contributed by atoms with van der Waals surface area (Å²) < 4.78 is 2.09. The van der Waals surface area contributed by atoms with Crippen LogP contribution in [0.4, 0.5) is 5.69 Å². The third-order valence-corrected chi connectivity index (χ3v) is 7.47. The number of nitrogens with one attached hydrogen (secondary N) is 1. The average Bonchev–Trinajstić information content (AvgIpc) is 3.38. The molecule has 5 nitrogen and oxygen atoms in total. The molecule has 0 fully saturated rings. The highest BCUT2D eigenvalue weighted by atomic mass is 32.2. The van der Waals surface area contributed by atoms with Crippen molar-refractivity contribution >= 4 is 34.7 Å². The quantitative estimate of drug-likeness (QED) is 0.303. The molecular formula is C26H28N4OS2. The van der Waals surface area contributed by atoms with Crippen molar-refractivity contribution in [2.24, 2.45) is 0 Å². The summed E-state index contributed by atoms with van der Waals surface area (Å²) in [5, 5.41) is 14.9. The van der Waals surface area contributed by atoms with Gasteiger partial charge in [-0.25, -0.2) is 0 Å². The number of rotatable bonds is 7. The minimum absolute atomic E-state index is 0.0485. The summed E-state index contributed by atoms with van der Waals surface area (Å²) in [7, 11) is 0. The maximum atomic E-state index is 12.6. The number of hydrogen-bond donors (Lipinski definition) is 1. The van der Waals surface area contributed by atoms with Crippen LogP contribution >= 0.6 is 23.1 Å². The molecule has 170 valence electrons. The molecule has 2 aromatic carbocycles. The molecule has 0 saturated heterocycles. The summed E-state index contributed by atoms with van der Waals surface area (Å²) in [6.07, 6.45) is 0. The number of carbonyl (C=O) groups is 1. The molecule has 0 spiro atoms. The van der Waals surface area contributed by atoms with Crippen molar-refractivity contribution in [2.75, 3.05) is 11.1 Å². The molecule has 4 aromatic rings. The summed E-state index contributed by atoms with van der Waals surface area (Å²) in [6.45, 7) is 11.1. The zero-order valence-electron chi connectivity index (χ0n) is 19.6. The van der Waals surface area contributed by atoms with Crippen LogP contribution in [0.25, 0.3) is 22.5 Å². The van der Waals surface area contributed by atoms with Crippen molar-refractivity contribution < 1.29 is 4.79 Å². The van der Waals surface area contributed by atoms with Crippen molar-refractivity contribution in [3.05, 3.63) is 69.4 Å². The Kier molecular flexibility index (Phi) is 7.00. The first-order valence-corrected chi connectivity index (χ1v) is 12.8. The van der Waals surface area contributed by atoms with E-state index in [4.69, 9.17) is 0 Å². The van der Waals surface area contributed by atoms with Crippen LogP contribution in [-0.2, 0) is 11.3 Å². The zero-order valence-corrected chi connectivity index (χ0v) is 21.2. The molecule has 0 aliphatic carbocycles. The highest BCUT2D eigenvalue weighted by Crippen LogP contribution is 2.39. The second kappa shape index (κ2) is 9.93. The van der Waals surface area contributed by atoms with Gasteiger partial charge in [-0.2, -0.15) is 0 Å². The minimum atomic E-state index is -0.0485. The normalized spacial score (nSPS) is 11.1. The van der Waals surface area contributed by atoms with Crippen molar-refractivity contribution in [2.45, 2.75) is 46.3 Å². The molecule has 4 rings (SSSR count). The van der Waals surface area contributed by atoms with E-state index >= 15 is 0 Å². The summed E-state index contributed by atoms with van der Waals surface area (Å²) >= 11 is 3.14. The van der Waals surface area contributed by atoms with Crippen LogP contribution in [0.3, 0.4) is 0 Å². The average molecular weight is 477 g/mol. The van der Waals surface area contributed by atoms with E-state index in [2.05, 4.69) is 70.5 Å². The lowest BCUT2D eigenvalue weighted by Gasteiger charge is -2.11. The molecule has 0 saturated carbocycles. The Labute approximate surface area is 203 Å². The van der Waals surface area contributed by atoms with Crippen LogP contribution in [-0.4, -0.2) is 26.4 Å². The first-order chi connectivity index (χ1) is 15.9. The first-order valence-electron chi connectivity index (χ1n) is 11.0. The number of nitrogens with zero attached hydrogens (tertiary/aromatic N) is 3. The number of hydrogen-bond acceptors (Lipinski definition) is 5. The zero-order chi connectivity index (χ0) is 23.5. The second-order valence-electron chi connectivity index (χ2n) is 8.15. The van der Waals surface area contributed by atoms with Gasteiger partial charge in [0.1, 0.15) is 0 Å². The van der Waals surface area contributed by atoms with E-state index < -0.39 is 0 Å². The Hall–Kier alpha value is -2.90. The number of anilines is 1. The van der Waals surface area contributed by atoms with Crippen LogP contribution in [0.5, 0.6) is 0 Å². The van der Waals surface area contributed by atoms with Crippen molar-refractivity contribution in [1.82, 2.24) is 14.8 Å². The molecule has 2 heterocycles. The van der Waals surface area contributed by atoms with E-state index in [1.54, 1.807) is 11.3 Å². The van der Waals surface area contributed by atoms with Gasteiger partial charge in [-0.1, -0.05) is 53.7 Å². The number of thiophene rings is 1. The van der Waals surface area contributed by atoms with Crippen molar-refractivity contribution in [1.29, 1.82) is 0 Å². The van der Waals surface area contributed by atoms with Crippen molar-refractivity contribution in [3.63, 3.8) is 0 Å². The topological polar surface area (TPSA) is 59.8 Å². The number of benzene rings is 2. The monoisotopic (exact) mass is 476 g/mol. The highest BCUT2D eigenvalue weighted by molar-refractivity contribution is 7.99. The van der Waals surface area contributed by atoms with Crippen LogP contribution in [0.2, 0.25) is 0 Å². The number of thioether (sulfide) groups is 1. The lowest BCUT2D eigenvalue weighted by Crippen LogP contribution is -2.15. The number of aryl methyl sites for hydroxylation is 4. The van der Waals surface area contributed by atoms with Gasteiger partial charge in [0, 0.05) is 33.6 Å². The lowest BCUT2D eigenvalue weighted by atomic mass is 10.0. The summed E-state index contributed by atoms with van der Waals surface area (Å²) in [4.78, 5) is 13.9. The van der Waals surface area contributed by atoms with E-state index in [1.807, 2.05) is 32.0 Å². The molecular weight excluding hydrogens is 448 g/mol. The Morgan fingerprint density at radius 2 is 1.76 bits per heavy atom. The third kappa shape index (κ3) is 5.04. The largest absolute Gasteiger partial charge is 0.325 e. The van der Waals surface area contributed by atoms with Gasteiger partial charge in [0.25, 0.3) is 0 Å². The molecule has 1 amide bonds. The van der Waals surface area contributed by atoms with Crippen LogP contribution < -0.4 is 5.32 Å². The predicted octanol–water partition coefficient (Wildman–Crippen LogP) is 6.66. The third-order valence-electron chi connectivity index (χ3n) is 5.59. The Morgan fingerprint density at radius 1 is 1.03 bits per heavy atom. The van der Waals surface area contributed by atoms with Crippen LogP contribution in [0.1, 0.15) is 28.5 Å². The molecule has 0 aliphatic heterocycles. The molecule has 1 N–H and O–H groups in total. The standard InChI is InChI=1S/C26H28N4OS2/c1-6-30-25(21-14-32-19(5)24(21)20-11-8-16(2)9-12-20)28-29-26(30)33-15-23(31)27-22-13-17(3)7-10-18(22)4/h7-14H,6,15H2,1-5H3,(H,27,31). The number of amides is 1. The van der Waals surface area contributed by atoms with Gasteiger partial charge < -0.3 is 9.88 Å². The summed E-state index contributed by atoms with van der Waals surface area (Å²) in [6, 6.07) is 14.7. The fourth-order valence-corrected chi connectivity index (χ4v) is 5.43. The Balaban J connectivity index is 1.55. The van der Waals surface area contributed by atoms with Crippen LogP contribution in [0.15, 0.2) is 53.0 Å². The highest BCUT2D eigenvalue weighted by Gasteiger charge is 2.20. The maximum absolute atomic E-state index is 12.6. The van der Waals surface area contributed by atoms with E-state index in [1.165, 1.54) is 33.3 Å². The fourth-order valence-electron chi connectivity index (χ4n) is 3.76. The lowest BCUT2D eigenvalue weighted by molar-refractivity contribution is -0.113. The number of carbonyl (C=O) groups excluding carboxylic acids is 1.